The largest absolute Gasteiger partial charge is 0.358 e. The van der Waals surface area contributed by atoms with Crippen molar-refractivity contribution in [3.63, 3.8) is 0 Å². The third-order valence-electron chi connectivity index (χ3n) is 6.64. The van der Waals surface area contributed by atoms with Gasteiger partial charge in [0.1, 0.15) is 0 Å². The molecule has 6 heteroatoms. The maximum atomic E-state index is 13.3. The second-order valence-electron chi connectivity index (χ2n) is 9.75. The molecular weight excluding hydrogens is 460 g/mol. The van der Waals surface area contributed by atoms with E-state index in [0.29, 0.717) is 11.1 Å². The average molecular weight is 497 g/mol. The van der Waals surface area contributed by atoms with E-state index in [4.69, 9.17) is 0 Å². The summed E-state index contributed by atoms with van der Waals surface area (Å²) in [6.07, 6.45) is 3.69. The maximum Gasteiger partial charge on any atom is 0.258 e. The molecule has 1 aliphatic rings. The molecule has 0 fully saturated rings. The van der Waals surface area contributed by atoms with Gasteiger partial charge in [0.05, 0.1) is 5.57 Å². The van der Waals surface area contributed by atoms with Gasteiger partial charge < -0.3 is 20.4 Å². The van der Waals surface area contributed by atoms with Crippen LogP contribution in [0.2, 0.25) is 0 Å². The number of hydrogen-bond donors (Lipinski definition) is 2. The van der Waals surface area contributed by atoms with E-state index in [1.54, 1.807) is 18.0 Å². The minimum atomic E-state index is -0.141. The van der Waals surface area contributed by atoms with E-state index in [9.17, 15) is 9.59 Å². The van der Waals surface area contributed by atoms with Gasteiger partial charge in [0.25, 0.3) is 11.8 Å². The first-order valence-electron chi connectivity index (χ1n) is 12.9. The smallest absolute Gasteiger partial charge is 0.258 e. The van der Waals surface area contributed by atoms with E-state index in [1.165, 1.54) is 5.56 Å². The molecule has 0 atom stereocenters. The number of carbonyl (C=O) groups is 2. The van der Waals surface area contributed by atoms with Crippen molar-refractivity contribution in [3.05, 3.63) is 95.2 Å². The maximum absolute atomic E-state index is 13.3. The van der Waals surface area contributed by atoms with Crippen LogP contribution in [-0.4, -0.2) is 44.4 Å². The van der Waals surface area contributed by atoms with E-state index < -0.39 is 0 Å². The summed E-state index contributed by atoms with van der Waals surface area (Å²) >= 11 is 0. The molecule has 37 heavy (non-hydrogen) atoms. The SMILES string of the molecule is CCCC/C(Nc1ccc(CCN(C)C)cc1)=C1/C(=O)Nc2ccc(C(=O)N(C)c3ccccc3)cc21. The summed E-state index contributed by atoms with van der Waals surface area (Å²) in [5, 5.41) is 6.52. The first kappa shape index (κ1) is 26.2. The van der Waals surface area contributed by atoms with Crippen LogP contribution in [0.15, 0.2) is 78.5 Å². The van der Waals surface area contributed by atoms with Gasteiger partial charge in [-0.25, -0.2) is 0 Å². The van der Waals surface area contributed by atoms with Gasteiger partial charge >= 0.3 is 0 Å². The van der Waals surface area contributed by atoms with Crippen molar-refractivity contribution in [1.82, 2.24) is 4.90 Å². The number of rotatable bonds is 10. The molecule has 0 spiro atoms. The quantitative estimate of drug-likeness (QED) is 0.336. The van der Waals surface area contributed by atoms with Gasteiger partial charge in [-0.1, -0.05) is 43.7 Å². The van der Waals surface area contributed by atoms with Crippen LogP contribution >= 0.6 is 0 Å². The van der Waals surface area contributed by atoms with Crippen molar-refractivity contribution in [3.8, 4) is 0 Å². The van der Waals surface area contributed by atoms with Crippen LogP contribution in [0.3, 0.4) is 0 Å². The molecule has 1 aliphatic heterocycles. The first-order valence-corrected chi connectivity index (χ1v) is 12.9. The van der Waals surface area contributed by atoms with Crippen molar-refractivity contribution < 1.29 is 9.59 Å². The number of benzene rings is 3. The Morgan fingerprint density at radius 1 is 0.946 bits per heavy atom. The number of carbonyl (C=O) groups excluding carboxylic acids is 2. The van der Waals surface area contributed by atoms with Crippen LogP contribution in [-0.2, 0) is 11.2 Å². The molecule has 2 amide bonds. The van der Waals surface area contributed by atoms with Crippen LogP contribution in [0.5, 0.6) is 0 Å². The third-order valence-corrected chi connectivity index (χ3v) is 6.64. The van der Waals surface area contributed by atoms with Crippen LogP contribution in [0, 0.1) is 0 Å². The molecule has 4 rings (SSSR count). The lowest BCUT2D eigenvalue weighted by Gasteiger charge is -2.18. The fraction of sp³-hybridized carbons (Fsp3) is 0.290. The van der Waals surface area contributed by atoms with E-state index in [0.717, 1.165) is 60.6 Å². The van der Waals surface area contributed by atoms with Gasteiger partial charge in [0.15, 0.2) is 0 Å². The van der Waals surface area contributed by atoms with Crippen molar-refractivity contribution in [2.45, 2.75) is 32.6 Å². The predicted octanol–water partition coefficient (Wildman–Crippen LogP) is 6.03. The van der Waals surface area contributed by atoms with Gasteiger partial charge in [-0.05, 0) is 81.4 Å². The van der Waals surface area contributed by atoms with Gasteiger partial charge in [-0.3, -0.25) is 9.59 Å². The average Bonchev–Trinajstić information content (AvgIpc) is 3.25. The number of likely N-dealkylation sites (N-methyl/N-ethyl adjacent to an activating group) is 1. The van der Waals surface area contributed by atoms with Crippen LogP contribution in [0.4, 0.5) is 17.1 Å². The van der Waals surface area contributed by atoms with Gasteiger partial charge in [0.2, 0.25) is 0 Å². The molecule has 6 nitrogen and oxygen atoms in total. The molecule has 3 aromatic rings. The Morgan fingerprint density at radius 3 is 2.35 bits per heavy atom. The highest BCUT2D eigenvalue weighted by atomic mass is 16.2. The summed E-state index contributed by atoms with van der Waals surface area (Å²) in [6.45, 7) is 3.14. The highest BCUT2D eigenvalue weighted by molar-refractivity contribution is 6.32. The number of nitrogens with one attached hydrogen (secondary N) is 2. The summed E-state index contributed by atoms with van der Waals surface area (Å²) in [7, 11) is 5.91. The molecule has 0 radical (unpaired) electrons. The zero-order valence-electron chi connectivity index (χ0n) is 22.2. The Kier molecular flexibility index (Phi) is 8.41. The summed E-state index contributed by atoms with van der Waals surface area (Å²) in [5.41, 5.74) is 6.56. The number of fused-ring (bicyclic) bond motifs is 1. The number of amides is 2. The minimum Gasteiger partial charge on any atom is -0.358 e. The Morgan fingerprint density at radius 2 is 1.68 bits per heavy atom. The highest BCUT2D eigenvalue weighted by Gasteiger charge is 2.29. The zero-order valence-corrected chi connectivity index (χ0v) is 22.2. The first-order chi connectivity index (χ1) is 17.9. The van der Waals surface area contributed by atoms with E-state index in [2.05, 4.69) is 60.8 Å². The molecule has 192 valence electrons. The Labute approximate surface area is 220 Å². The molecule has 2 N–H and O–H groups in total. The summed E-state index contributed by atoms with van der Waals surface area (Å²) in [6, 6.07) is 23.4. The molecule has 0 unspecified atom stereocenters. The topological polar surface area (TPSA) is 64.7 Å². The number of hydrogen-bond acceptors (Lipinski definition) is 4. The molecule has 0 bridgehead atoms. The van der Waals surface area contributed by atoms with E-state index in [-0.39, 0.29) is 11.8 Å². The van der Waals surface area contributed by atoms with Crippen molar-refractivity contribution >= 4 is 34.4 Å². The van der Waals surface area contributed by atoms with Gasteiger partial charge in [-0.15, -0.1) is 0 Å². The molecule has 0 saturated heterocycles. The molecule has 1 heterocycles. The fourth-order valence-electron chi connectivity index (χ4n) is 4.45. The van der Waals surface area contributed by atoms with Crippen LogP contribution in [0.25, 0.3) is 5.57 Å². The number of unbranched alkanes of at least 4 members (excludes halogenated alkanes) is 1. The van der Waals surface area contributed by atoms with Crippen LogP contribution in [0.1, 0.15) is 47.7 Å². The van der Waals surface area contributed by atoms with E-state index >= 15 is 0 Å². The van der Waals surface area contributed by atoms with Crippen LogP contribution < -0.4 is 15.5 Å². The number of nitrogens with zero attached hydrogens (tertiary/aromatic N) is 2. The predicted molar refractivity (Wildman–Crippen MR) is 153 cm³/mol. The lowest BCUT2D eigenvalue weighted by Crippen LogP contribution is -2.26. The normalized spacial score (nSPS) is 13.8. The molecule has 0 saturated carbocycles. The summed E-state index contributed by atoms with van der Waals surface area (Å²) in [5.74, 6) is -0.263. The third kappa shape index (κ3) is 6.27. The Balaban J connectivity index is 1.65. The summed E-state index contributed by atoms with van der Waals surface area (Å²) in [4.78, 5) is 30.2. The van der Waals surface area contributed by atoms with Crippen molar-refractivity contribution in [2.24, 2.45) is 0 Å². The lowest BCUT2D eigenvalue weighted by atomic mass is 9.99. The van der Waals surface area contributed by atoms with E-state index in [1.807, 2.05) is 42.5 Å². The van der Waals surface area contributed by atoms with Gasteiger partial charge in [-0.2, -0.15) is 0 Å². The van der Waals surface area contributed by atoms with Crippen molar-refractivity contribution in [2.75, 3.05) is 43.2 Å². The number of anilines is 3. The minimum absolute atomic E-state index is 0.121. The standard InChI is InChI=1S/C31H36N4O2/c1-5-6-12-28(32-24-16-13-22(14-17-24)19-20-34(2)3)29-26-21-23(15-18-27(26)33-30(29)36)31(37)35(4)25-10-8-7-9-11-25/h7-11,13-18,21,32H,5-6,12,19-20H2,1-4H3,(H,33,36)/b29-28-. The fourth-order valence-corrected chi connectivity index (χ4v) is 4.45. The Bertz CT molecular complexity index is 1280. The second-order valence-corrected chi connectivity index (χ2v) is 9.75. The molecule has 0 aliphatic carbocycles. The van der Waals surface area contributed by atoms with Gasteiger partial charge in [0, 0.05) is 47.5 Å². The molecule has 0 aromatic heterocycles. The number of allylic oxidation sites excluding steroid dienone is 1. The molecule has 3 aromatic carbocycles. The molecular formula is C31H36N4O2. The summed E-state index contributed by atoms with van der Waals surface area (Å²) < 4.78 is 0. The number of para-hydroxylation sites is 1. The zero-order chi connectivity index (χ0) is 26.4. The Hall–Kier alpha value is -3.90. The highest BCUT2D eigenvalue weighted by Crippen LogP contribution is 2.36. The monoisotopic (exact) mass is 496 g/mol. The second kappa shape index (κ2) is 11.9. The van der Waals surface area contributed by atoms with Crippen molar-refractivity contribution in [1.29, 1.82) is 0 Å². The lowest BCUT2D eigenvalue weighted by molar-refractivity contribution is -0.110.